The summed E-state index contributed by atoms with van der Waals surface area (Å²) in [6.07, 6.45) is 2.19. The number of nitrogens with two attached hydrogens (primary N) is 1. The van der Waals surface area contributed by atoms with Gasteiger partial charge in [0.2, 0.25) is 0 Å². The van der Waals surface area contributed by atoms with E-state index in [1.165, 1.54) is 0 Å². The number of urea groups is 1. The first-order valence-electron chi connectivity index (χ1n) is 6.98. The van der Waals surface area contributed by atoms with Gasteiger partial charge in [0.15, 0.2) is 0 Å². The molecule has 4 nitrogen and oxygen atoms in total. The summed E-state index contributed by atoms with van der Waals surface area (Å²) >= 11 is 0. The van der Waals surface area contributed by atoms with Crippen LogP contribution in [0.25, 0.3) is 0 Å². The molecule has 1 heterocycles. The second-order valence-corrected chi connectivity index (χ2v) is 5.59. The Hall–Kier alpha value is -1.71. The lowest BCUT2D eigenvalue weighted by molar-refractivity contribution is 0.167. The third kappa shape index (κ3) is 3.40. The monoisotopic (exact) mass is 261 g/mol. The summed E-state index contributed by atoms with van der Waals surface area (Å²) in [5.74, 6) is 1.45. The van der Waals surface area contributed by atoms with E-state index in [4.69, 9.17) is 5.73 Å². The maximum absolute atomic E-state index is 12.2. The van der Waals surface area contributed by atoms with Crippen LogP contribution >= 0.6 is 0 Å². The average molecular weight is 261 g/mol. The summed E-state index contributed by atoms with van der Waals surface area (Å²) in [5.41, 5.74) is 7.12. The predicted octanol–water partition coefficient (Wildman–Crippen LogP) is 3.17. The summed E-state index contributed by atoms with van der Waals surface area (Å²) in [4.78, 5) is 14.0. The van der Waals surface area contributed by atoms with Gasteiger partial charge in [0.1, 0.15) is 0 Å². The fourth-order valence-electron chi connectivity index (χ4n) is 2.57. The zero-order valence-electron chi connectivity index (χ0n) is 11.7. The van der Waals surface area contributed by atoms with Crippen LogP contribution in [0, 0.1) is 11.8 Å². The number of carbonyl (C=O) groups excluding carboxylic acids is 1. The molecule has 0 unspecified atom stereocenters. The van der Waals surface area contributed by atoms with E-state index in [0.717, 1.165) is 31.8 Å². The summed E-state index contributed by atoms with van der Waals surface area (Å²) in [6, 6.07) is 7.31. The SMILES string of the molecule is CC(C)C1CCN(C(=O)Nc2ccccc2N)CC1. The summed E-state index contributed by atoms with van der Waals surface area (Å²) in [7, 11) is 0. The summed E-state index contributed by atoms with van der Waals surface area (Å²) in [6.45, 7) is 6.18. The molecular formula is C15H23N3O. The second kappa shape index (κ2) is 5.95. The predicted molar refractivity (Wildman–Crippen MR) is 79.0 cm³/mol. The minimum atomic E-state index is -0.0416. The Balaban J connectivity index is 1.90. The van der Waals surface area contributed by atoms with Gasteiger partial charge in [0.25, 0.3) is 0 Å². The first-order chi connectivity index (χ1) is 9.08. The van der Waals surface area contributed by atoms with Gasteiger partial charge in [0, 0.05) is 13.1 Å². The van der Waals surface area contributed by atoms with Crippen LogP contribution in [0.2, 0.25) is 0 Å². The number of likely N-dealkylation sites (tertiary alicyclic amines) is 1. The van der Waals surface area contributed by atoms with E-state index < -0.39 is 0 Å². The van der Waals surface area contributed by atoms with Crippen LogP contribution < -0.4 is 11.1 Å². The number of amides is 2. The van der Waals surface area contributed by atoms with E-state index in [1.54, 1.807) is 6.07 Å². The molecule has 1 aromatic carbocycles. The molecule has 0 bridgehead atoms. The van der Waals surface area contributed by atoms with Crippen molar-refractivity contribution in [2.24, 2.45) is 11.8 Å². The largest absolute Gasteiger partial charge is 0.397 e. The molecule has 1 aromatic rings. The van der Waals surface area contributed by atoms with Gasteiger partial charge < -0.3 is 16.0 Å². The molecule has 19 heavy (non-hydrogen) atoms. The highest BCUT2D eigenvalue weighted by Gasteiger charge is 2.24. The topological polar surface area (TPSA) is 58.4 Å². The third-order valence-corrected chi connectivity index (χ3v) is 3.97. The van der Waals surface area contributed by atoms with Crippen molar-refractivity contribution in [3.8, 4) is 0 Å². The van der Waals surface area contributed by atoms with Crippen molar-refractivity contribution >= 4 is 17.4 Å². The highest BCUT2D eigenvalue weighted by molar-refractivity contribution is 5.92. The van der Waals surface area contributed by atoms with Crippen LogP contribution in [0.4, 0.5) is 16.2 Å². The maximum Gasteiger partial charge on any atom is 0.321 e. The number of anilines is 2. The number of rotatable bonds is 2. The molecule has 2 rings (SSSR count). The summed E-state index contributed by atoms with van der Waals surface area (Å²) < 4.78 is 0. The summed E-state index contributed by atoms with van der Waals surface area (Å²) in [5, 5.41) is 2.89. The van der Waals surface area contributed by atoms with Crippen LogP contribution in [0.15, 0.2) is 24.3 Å². The molecule has 1 saturated heterocycles. The number of benzene rings is 1. The molecule has 0 radical (unpaired) electrons. The van der Waals surface area contributed by atoms with Crippen molar-refractivity contribution < 1.29 is 4.79 Å². The fourth-order valence-corrected chi connectivity index (χ4v) is 2.57. The number of carbonyl (C=O) groups is 1. The minimum Gasteiger partial charge on any atom is -0.397 e. The number of piperidine rings is 1. The molecule has 3 N–H and O–H groups in total. The molecule has 2 amide bonds. The first kappa shape index (κ1) is 13.7. The number of hydrogen-bond donors (Lipinski definition) is 2. The van der Waals surface area contributed by atoms with Crippen LogP contribution in [0.5, 0.6) is 0 Å². The van der Waals surface area contributed by atoms with E-state index in [-0.39, 0.29) is 6.03 Å². The fraction of sp³-hybridized carbons (Fsp3) is 0.533. The number of nitrogen functional groups attached to an aromatic ring is 1. The van der Waals surface area contributed by atoms with Crippen LogP contribution in [-0.4, -0.2) is 24.0 Å². The minimum absolute atomic E-state index is 0.0416. The lowest BCUT2D eigenvalue weighted by Crippen LogP contribution is -2.41. The number of hydrogen-bond acceptors (Lipinski definition) is 2. The zero-order chi connectivity index (χ0) is 13.8. The Morgan fingerprint density at radius 2 is 1.95 bits per heavy atom. The van der Waals surface area contributed by atoms with E-state index in [1.807, 2.05) is 23.1 Å². The van der Waals surface area contributed by atoms with E-state index in [2.05, 4.69) is 19.2 Å². The third-order valence-electron chi connectivity index (χ3n) is 3.97. The van der Waals surface area contributed by atoms with Gasteiger partial charge in [-0.3, -0.25) is 0 Å². The van der Waals surface area contributed by atoms with Crippen molar-refractivity contribution in [3.63, 3.8) is 0 Å². The van der Waals surface area contributed by atoms with Gasteiger partial charge in [-0.2, -0.15) is 0 Å². The first-order valence-corrected chi connectivity index (χ1v) is 6.98. The highest BCUT2D eigenvalue weighted by Crippen LogP contribution is 2.25. The maximum atomic E-state index is 12.2. The molecule has 104 valence electrons. The van der Waals surface area contributed by atoms with Crippen LogP contribution in [0.1, 0.15) is 26.7 Å². The van der Waals surface area contributed by atoms with Gasteiger partial charge in [-0.25, -0.2) is 4.79 Å². The van der Waals surface area contributed by atoms with Crippen LogP contribution in [0.3, 0.4) is 0 Å². The van der Waals surface area contributed by atoms with E-state index >= 15 is 0 Å². The molecule has 0 aromatic heterocycles. The molecule has 4 heteroatoms. The quantitative estimate of drug-likeness (QED) is 0.803. The molecule has 0 atom stereocenters. The zero-order valence-corrected chi connectivity index (χ0v) is 11.7. The van der Waals surface area contributed by atoms with E-state index in [9.17, 15) is 4.79 Å². The molecule has 0 aliphatic carbocycles. The van der Waals surface area contributed by atoms with Gasteiger partial charge in [-0.15, -0.1) is 0 Å². The van der Waals surface area contributed by atoms with Gasteiger partial charge in [0.05, 0.1) is 11.4 Å². The Morgan fingerprint density at radius 1 is 1.32 bits per heavy atom. The van der Waals surface area contributed by atoms with Gasteiger partial charge >= 0.3 is 6.03 Å². The van der Waals surface area contributed by atoms with Crippen molar-refractivity contribution in [2.75, 3.05) is 24.1 Å². The molecule has 0 saturated carbocycles. The molecule has 1 aliphatic heterocycles. The number of nitrogens with one attached hydrogen (secondary N) is 1. The van der Waals surface area contributed by atoms with Gasteiger partial charge in [-0.05, 0) is 36.8 Å². The van der Waals surface area contributed by atoms with Crippen molar-refractivity contribution in [2.45, 2.75) is 26.7 Å². The normalized spacial score (nSPS) is 16.7. The second-order valence-electron chi connectivity index (χ2n) is 5.59. The average Bonchev–Trinajstić information content (AvgIpc) is 2.41. The molecule has 1 fully saturated rings. The molecular weight excluding hydrogens is 238 g/mol. The Kier molecular flexibility index (Phi) is 4.30. The standard InChI is InChI=1S/C15H23N3O/c1-11(2)12-7-9-18(10-8-12)15(19)17-14-6-4-3-5-13(14)16/h3-6,11-12H,7-10,16H2,1-2H3,(H,17,19). The van der Waals surface area contributed by atoms with Crippen molar-refractivity contribution in [3.05, 3.63) is 24.3 Å². The van der Waals surface area contributed by atoms with Gasteiger partial charge in [-0.1, -0.05) is 26.0 Å². The van der Waals surface area contributed by atoms with Crippen LogP contribution in [-0.2, 0) is 0 Å². The molecule has 0 spiro atoms. The van der Waals surface area contributed by atoms with Crippen molar-refractivity contribution in [1.82, 2.24) is 4.90 Å². The number of para-hydroxylation sites is 2. The highest BCUT2D eigenvalue weighted by atomic mass is 16.2. The smallest absolute Gasteiger partial charge is 0.321 e. The van der Waals surface area contributed by atoms with E-state index in [0.29, 0.717) is 17.3 Å². The lowest BCUT2D eigenvalue weighted by atomic mass is 9.87. The Labute approximate surface area is 115 Å². The molecule has 1 aliphatic rings. The Bertz CT molecular complexity index is 437. The Morgan fingerprint density at radius 3 is 2.53 bits per heavy atom. The number of nitrogens with zero attached hydrogens (tertiary/aromatic N) is 1. The lowest BCUT2D eigenvalue weighted by Gasteiger charge is -2.33. The van der Waals surface area contributed by atoms with Crippen molar-refractivity contribution in [1.29, 1.82) is 0 Å².